The van der Waals surface area contributed by atoms with Crippen LogP contribution < -0.4 is 4.48 Å². The first-order valence-corrected chi connectivity index (χ1v) is 6.13. The van der Waals surface area contributed by atoms with Gasteiger partial charge in [-0.1, -0.05) is 48.5 Å². The highest BCUT2D eigenvalue weighted by Crippen LogP contribution is 2.31. The van der Waals surface area contributed by atoms with Crippen LogP contribution in [0.2, 0.25) is 0 Å². The summed E-state index contributed by atoms with van der Waals surface area (Å²) in [5.74, 6) is 0. The van der Waals surface area contributed by atoms with E-state index < -0.39 is 0 Å². The SMILES string of the molecule is COC(c1ccccc1)[N+](C)(C)c1ccccc1. The van der Waals surface area contributed by atoms with Gasteiger partial charge in [-0.05, 0) is 12.1 Å². The molecule has 0 amide bonds. The molecule has 0 aliphatic rings. The predicted octanol–water partition coefficient (Wildman–Crippen LogP) is 3.60. The van der Waals surface area contributed by atoms with Gasteiger partial charge >= 0.3 is 0 Å². The molecule has 2 heteroatoms. The Labute approximate surface area is 109 Å². The third-order valence-electron chi connectivity index (χ3n) is 3.32. The van der Waals surface area contributed by atoms with Gasteiger partial charge in [-0.25, -0.2) is 0 Å². The molecule has 0 saturated heterocycles. The molecular formula is C16H20NO+. The van der Waals surface area contributed by atoms with E-state index in [2.05, 4.69) is 50.5 Å². The first kappa shape index (κ1) is 12.8. The first-order valence-electron chi connectivity index (χ1n) is 6.13. The minimum absolute atomic E-state index is 0.00593. The smallest absolute Gasteiger partial charge is 0.224 e. The number of hydrogen-bond donors (Lipinski definition) is 0. The zero-order valence-electron chi connectivity index (χ0n) is 11.2. The number of nitrogens with zero attached hydrogens (tertiary/aromatic N) is 1. The van der Waals surface area contributed by atoms with Crippen LogP contribution in [0.5, 0.6) is 0 Å². The number of methoxy groups -OCH3 is 1. The van der Waals surface area contributed by atoms with Gasteiger partial charge in [0, 0.05) is 12.7 Å². The van der Waals surface area contributed by atoms with E-state index in [1.165, 1.54) is 11.3 Å². The summed E-state index contributed by atoms with van der Waals surface area (Å²) in [5, 5.41) is 0. The number of benzene rings is 2. The van der Waals surface area contributed by atoms with Gasteiger partial charge < -0.3 is 4.74 Å². The highest BCUT2D eigenvalue weighted by molar-refractivity contribution is 5.43. The fraction of sp³-hybridized carbons (Fsp3) is 0.250. The van der Waals surface area contributed by atoms with Crippen molar-refractivity contribution in [1.29, 1.82) is 0 Å². The van der Waals surface area contributed by atoms with E-state index >= 15 is 0 Å². The second-order valence-electron chi connectivity index (χ2n) is 4.87. The molecule has 1 atom stereocenters. The van der Waals surface area contributed by atoms with Crippen LogP contribution in [0.25, 0.3) is 0 Å². The van der Waals surface area contributed by atoms with Gasteiger partial charge in [-0.2, -0.15) is 0 Å². The van der Waals surface area contributed by atoms with Crippen molar-refractivity contribution in [2.45, 2.75) is 6.23 Å². The lowest BCUT2D eigenvalue weighted by Gasteiger charge is -2.36. The van der Waals surface area contributed by atoms with E-state index in [0.29, 0.717) is 4.48 Å². The van der Waals surface area contributed by atoms with Crippen LogP contribution in [0.4, 0.5) is 5.69 Å². The van der Waals surface area contributed by atoms with Crippen LogP contribution in [-0.4, -0.2) is 21.2 Å². The van der Waals surface area contributed by atoms with Crippen LogP contribution in [-0.2, 0) is 4.74 Å². The van der Waals surface area contributed by atoms with Gasteiger partial charge in [0.05, 0.1) is 14.1 Å². The Morgan fingerprint density at radius 2 is 1.33 bits per heavy atom. The molecule has 0 N–H and O–H groups in total. The Bertz CT molecular complexity index is 479. The predicted molar refractivity (Wildman–Crippen MR) is 76.3 cm³/mol. The molecule has 94 valence electrons. The number of rotatable bonds is 4. The summed E-state index contributed by atoms with van der Waals surface area (Å²) in [6, 6.07) is 20.8. The van der Waals surface area contributed by atoms with E-state index in [1.54, 1.807) is 7.11 Å². The van der Waals surface area contributed by atoms with Crippen molar-refractivity contribution in [1.82, 2.24) is 4.48 Å². The fourth-order valence-electron chi connectivity index (χ4n) is 2.34. The average Bonchev–Trinajstić information content (AvgIpc) is 2.41. The molecule has 0 aliphatic heterocycles. The van der Waals surface area contributed by atoms with Gasteiger partial charge in [0.1, 0.15) is 5.69 Å². The maximum Gasteiger partial charge on any atom is 0.224 e. The van der Waals surface area contributed by atoms with Gasteiger partial charge in [-0.3, -0.25) is 4.48 Å². The summed E-state index contributed by atoms with van der Waals surface area (Å²) in [6.45, 7) is 0. The molecule has 2 rings (SSSR count). The molecule has 2 aromatic carbocycles. The lowest BCUT2D eigenvalue weighted by atomic mass is 10.1. The second kappa shape index (κ2) is 5.34. The highest BCUT2D eigenvalue weighted by atomic mass is 16.5. The van der Waals surface area contributed by atoms with Crippen LogP contribution in [0.3, 0.4) is 0 Å². The molecule has 2 aromatic rings. The number of hydrogen-bond acceptors (Lipinski definition) is 1. The summed E-state index contributed by atoms with van der Waals surface area (Å²) in [4.78, 5) is 0. The molecular weight excluding hydrogens is 222 g/mol. The topological polar surface area (TPSA) is 9.23 Å². The highest BCUT2D eigenvalue weighted by Gasteiger charge is 2.31. The Morgan fingerprint density at radius 3 is 1.83 bits per heavy atom. The molecule has 18 heavy (non-hydrogen) atoms. The van der Waals surface area contributed by atoms with Crippen LogP contribution in [0.15, 0.2) is 60.7 Å². The van der Waals surface area contributed by atoms with Gasteiger partial charge in [0.15, 0.2) is 0 Å². The number of para-hydroxylation sites is 1. The molecule has 1 unspecified atom stereocenters. The van der Waals surface area contributed by atoms with Crippen molar-refractivity contribution in [2.24, 2.45) is 0 Å². The summed E-state index contributed by atoms with van der Waals surface area (Å²) >= 11 is 0. The molecule has 0 radical (unpaired) electrons. The van der Waals surface area contributed by atoms with E-state index in [4.69, 9.17) is 4.74 Å². The minimum atomic E-state index is -0.00593. The van der Waals surface area contributed by atoms with Crippen LogP contribution in [0.1, 0.15) is 11.8 Å². The molecule has 2 nitrogen and oxygen atoms in total. The Balaban J connectivity index is 2.38. The summed E-state index contributed by atoms with van der Waals surface area (Å²) in [6.07, 6.45) is -0.00593. The lowest BCUT2D eigenvalue weighted by molar-refractivity contribution is -0.00155. The quantitative estimate of drug-likeness (QED) is 0.588. The monoisotopic (exact) mass is 242 g/mol. The van der Waals surface area contributed by atoms with E-state index in [0.717, 1.165) is 0 Å². The van der Waals surface area contributed by atoms with Crippen molar-refractivity contribution in [3.8, 4) is 0 Å². The molecule has 0 spiro atoms. The Kier molecular flexibility index (Phi) is 3.80. The van der Waals surface area contributed by atoms with Crippen molar-refractivity contribution in [3.05, 3.63) is 66.2 Å². The maximum atomic E-state index is 5.73. The first-order chi connectivity index (χ1) is 8.66. The lowest BCUT2D eigenvalue weighted by Crippen LogP contribution is -2.45. The summed E-state index contributed by atoms with van der Waals surface area (Å²) in [5.41, 5.74) is 2.42. The van der Waals surface area contributed by atoms with Crippen molar-refractivity contribution < 1.29 is 4.74 Å². The number of quaternary nitrogens is 1. The standard InChI is InChI=1S/C16H20NO/c1-17(2,15-12-8-5-9-13-15)16(18-3)14-10-6-4-7-11-14/h4-13,16H,1-3H3/q+1. The molecule has 0 heterocycles. The zero-order valence-corrected chi connectivity index (χ0v) is 11.2. The van der Waals surface area contributed by atoms with Crippen LogP contribution in [0, 0.1) is 0 Å². The largest absolute Gasteiger partial charge is 0.328 e. The summed E-state index contributed by atoms with van der Waals surface area (Å²) < 4.78 is 6.40. The van der Waals surface area contributed by atoms with Crippen LogP contribution >= 0.6 is 0 Å². The average molecular weight is 242 g/mol. The van der Waals surface area contributed by atoms with Crippen molar-refractivity contribution in [3.63, 3.8) is 0 Å². The summed E-state index contributed by atoms with van der Waals surface area (Å²) in [7, 11) is 6.09. The van der Waals surface area contributed by atoms with E-state index in [9.17, 15) is 0 Å². The molecule has 0 aliphatic carbocycles. The molecule has 0 fully saturated rings. The molecule has 0 bridgehead atoms. The normalized spacial score (nSPS) is 13.3. The maximum absolute atomic E-state index is 5.73. The molecule has 0 saturated carbocycles. The minimum Gasteiger partial charge on any atom is -0.328 e. The van der Waals surface area contributed by atoms with E-state index in [-0.39, 0.29) is 6.23 Å². The van der Waals surface area contributed by atoms with Gasteiger partial charge in [-0.15, -0.1) is 0 Å². The van der Waals surface area contributed by atoms with Crippen molar-refractivity contribution >= 4 is 5.69 Å². The third-order valence-corrected chi connectivity index (χ3v) is 3.32. The fourth-order valence-corrected chi connectivity index (χ4v) is 2.34. The Hall–Kier alpha value is -1.64. The van der Waals surface area contributed by atoms with E-state index in [1.807, 2.05) is 24.3 Å². The zero-order chi connectivity index (χ0) is 13.0. The van der Waals surface area contributed by atoms with Gasteiger partial charge in [0.25, 0.3) is 0 Å². The second-order valence-corrected chi connectivity index (χ2v) is 4.87. The van der Waals surface area contributed by atoms with Gasteiger partial charge in [0.2, 0.25) is 6.23 Å². The molecule has 0 aromatic heterocycles. The Morgan fingerprint density at radius 1 is 0.833 bits per heavy atom. The van der Waals surface area contributed by atoms with Crippen molar-refractivity contribution in [2.75, 3.05) is 21.2 Å². The third kappa shape index (κ3) is 2.45. The number of ether oxygens (including phenoxy) is 1.